The topological polar surface area (TPSA) is 24.1 Å². The van der Waals surface area contributed by atoms with E-state index < -0.39 is 0 Å². The minimum absolute atomic E-state index is 0.291. The van der Waals surface area contributed by atoms with Gasteiger partial charge in [0, 0.05) is 16.8 Å². The number of fused-ring (bicyclic) bond motifs is 1. The van der Waals surface area contributed by atoms with Gasteiger partial charge < -0.3 is 10.6 Å². The SMILES string of the molecule is Cc1ccc(F)cc1NC(=S)Nc1cccc2ccccc12. The molecule has 2 nitrogen and oxygen atoms in total. The predicted molar refractivity (Wildman–Crippen MR) is 94.9 cm³/mol. The van der Waals surface area contributed by atoms with Crippen LogP contribution in [0.2, 0.25) is 0 Å². The zero-order chi connectivity index (χ0) is 15.5. The number of hydrogen-bond donors (Lipinski definition) is 2. The molecule has 3 aromatic carbocycles. The Morgan fingerprint density at radius 3 is 2.50 bits per heavy atom. The highest BCUT2D eigenvalue weighted by atomic mass is 32.1. The molecule has 0 aliphatic rings. The van der Waals surface area contributed by atoms with E-state index in [2.05, 4.69) is 10.6 Å². The van der Waals surface area contributed by atoms with Crippen molar-refractivity contribution in [1.82, 2.24) is 0 Å². The van der Waals surface area contributed by atoms with Crippen molar-refractivity contribution in [3.63, 3.8) is 0 Å². The van der Waals surface area contributed by atoms with Crippen LogP contribution in [0.1, 0.15) is 5.56 Å². The third kappa shape index (κ3) is 3.07. The highest BCUT2D eigenvalue weighted by Gasteiger charge is 2.05. The number of rotatable bonds is 2. The fourth-order valence-electron chi connectivity index (χ4n) is 2.34. The maximum absolute atomic E-state index is 13.3. The number of anilines is 2. The Kier molecular flexibility index (Phi) is 4.02. The molecular formula is C18H15FN2S. The summed E-state index contributed by atoms with van der Waals surface area (Å²) in [5.41, 5.74) is 2.52. The maximum Gasteiger partial charge on any atom is 0.175 e. The lowest BCUT2D eigenvalue weighted by Crippen LogP contribution is -2.19. The van der Waals surface area contributed by atoms with Crippen LogP contribution in [0.3, 0.4) is 0 Å². The zero-order valence-corrected chi connectivity index (χ0v) is 12.9. The minimum atomic E-state index is -0.291. The summed E-state index contributed by atoms with van der Waals surface area (Å²) in [4.78, 5) is 0. The summed E-state index contributed by atoms with van der Waals surface area (Å²) in [6, 6.07) is 18.6. The van der Waals surface area contributed by atoms with Gasteiger partial charge in [0.25, 0.3) is 0 Å². The number of halogens is 1. The first-order chi connectivity index (χ1) is 10.6. The van der Waals surface area contributed by atoms with Crippen LogP contribution in [-0.4, -0.2) is 5.11 Å². The van der Waals surface area contributed by atoms with Crippen molar-refractivity contribution in [3.05, 3.63) is 72.0 Å². The van der Waals surface area contributed by atoms with E-state index in [9.17, 15) is 4.39 Å². The Morgan fingerprint density at radius 2 is 1.64 bits per heavy atom. The monoisotopic (exact) mass is 310 g/mol. The summed E-state index contributed by atoms with van der Waals surface area (Å²) in [5, 5.41) is 8.88. The van der Waals surface area contributed by atoms with Crippen LogP contribution in [0, 0.1) is 12.7 Å². The van der Waals surface area contributed by atoms with Crippen molar-refractivity contribution >= 4 is 39.5 Å². The van der Waals surface area contributed by atoms with Crippen molar-refractivity contribution in [2.24, 2.45) is 0 Å². The molecule has 0 atom stereocenters. The van der Waals surface area contributed by atoms with Gasteiger partial charge in [-0.2, -0.15) is 0 Å². The van der Waals surface area contributed by atoms with E-state index in [0.29, 0.717) is 10.8 Å². The van der Waals surface area contributed by atoms with Crippen LogP contribution in [0.25, 0.3) is 10.8 Å². The summed E-state index contributed by atoms with van der Waals surface area (Å²) >= 11 is 5.34. The van der Waals surface area contributed by atoms with Gasteiger partial charge in [0.15, 0.2) is 5.11 Å². The standard InChI is InChI=1S/C18H15FN2S/c1-12-9-10-14(19)11-17(12)21-18(22)20-16-8-4-6-13-5-2-3-7-15(13)16/h2-11H,1H3,(H2,20,21,22). The minimum Gasteiger partial charge on any atom is -0.332 e. The average molecular weight is 310 g/mol. The van der Waals surface area contributed by atoms with Crippen LogP contribution < -0.4 is 10.6 Å². The van der Waals surface area contributed by atoms with Gasteiger partial charge in [-0.3, -0.25) is 0 Å². The predicted octanol–water partition coefficient (Wildman–Crippen LogP) is 5.10. The molecule has 0 spiro atoms. The lowest BCUT2D eigenvalue weighted by atomic mass is 10.1. The third-order valence-corrected chi connectivity index (χ3v) is 3.69. The molecule has 22 heavy (non-hydrogen) atoms. The average Bonchev–Trinajstić information content (AvgIpc) is 2.51. The smallest absolute Gasteiger partial charge is 0.175 e. The summed E-state index contributed by atoms with van der Waals surface area (Å²) < 4.78 is 13.3. The molecule has 0 saturated carbocycles. The Morgan fingerprint density at radius 1 is 0.909 bits per heavy atom. The quantitative estimate of drug-likeness (QED) is 0.644. The van der Waals surface area contributed by atoms with Crippen molar-refractivity contribution in [2.45, 2.75) is 6.92 Å². The summed E-state index contributed by atoms with van der Waals surface area (Å²) in [6.07, 6.45) is 0. The molecule has 0 aromatic heterocycles. The van der Waals surface area contributed by atoms with E-state index in [4.69, 9.17) is 12.2 Å². The third-order valence-electron chi connectivity index (χ3n) is 3.49. The van der Waals surface area contributed by atoms with E-state index in [-0.39, 0.29) is 5.82 Å². The van der Waals surface area contributed by atoms with E-state index in [1.807, 2.05) is 49.4 Å². The Hall–Kier alpha value is -2.46. The normalized spacial score (nSPS) is 10.5. The van der Waals surface area contributed by atoms with E-state index in [0.717, 1.165) is 22.0 Å². The van der Waals surface area contributed by atoms with Gasteiger partial charge >= 0.3 is 0 Å². The molecule has 0 fully saturated rings. The van der Waals surface area contributed by atoms with Crippen molar-refractivity contribution < 1.29 is 4.39 Å². The summed E-state index contributed by atoms with van der Waals surface area (Å²) in [5.74, 6) is -0.291. The summed E-state index contributed by atoms with van der Waals surface area (Å²) in [7, 11) is 0. The molecule has 3 rings (SSSR count). The highest BCUT2D eigenvalue weighted by Crippen LogP contribution is 2.23. The molecule has 110 valence electrons. The number of hydrogen-bond acceptors (Lipinski definition) is 1. The Balaban J connectivity index is 1.83. The van der Waals surface area contributed by atoms with Crippen LogP contribution in [0.4, 0.5) is 15.8 Å². The first kappa shape index (κ1) is 14.5. The lowest BCUT2D eigenvalue weighted by Gasteiger charge is -2.14. The zero-order valence-electron chi connectivity index (χ0n) is 12.1. The van der Waals surface area contributed by atoms with Gasteiger partial charge in [-0.05, 0) is 48.3 Å². The number of aryl methyl sites for hydroxylation is 1. The number of benzene rings is 3. The molecule has 2 N–H and O–H groups in total. The first-order valence-corrected chi connectivity index (χ1v) is 7.36. The fraction of sp³-hybridized carbons (Fsp3) is 0.0556. The van der Waals surface area contributed by atoms with Crippen molar-refractivity contribution in [1.29, 1.82) is 0 Å². The van der Waals surface area contributed by atoms with Crippen LogP contribution in [0.5, 0.6) is 0 Å². The summed E-state index contributed by atoms with van der Waals surface area (Å²) in [6.45, 7) is 1.91. The molecule has 0 aliphatic heterocycles. The first-order valence-electron chi connectivity index (χ1n) is 6.95. The van der Waals surface area contributed by atoms with Gasteiger partial charge in [0.2, 0.25) is 0 Å². The van der Waals surface area contributed by atoms with Crippen LogP contribution in [-0.2, 0) is 0 Å². The van der Waals surface area contributed by atoms with Crippen molar-refractivity contribution in [2.75, 3.05) is 10.6 Å². The Labute approximate surface area is 134 Å². The van der Waals surface area contributed by atoms with Crippen LogP contribution >= 0.6 is 12.2 Å². The molecule has 0 heterocycles. The molecular weight excluding hydrogens is 295 g/mol. The fourth-order valence-corrected chi connectivity index (χ4v) is 2.56. The van der Waals surface area contributed by atoms with Gasteiger partial charge in [-0.15, -0.1) is 0 Å². The van der Waals surface area contributed by atoms with E-state index >= 15 is 0 Å². The second-order valence-electron chi connectivity index (χ2n) is 5.07. The molecule has 0 unspecified atom stereocenters. The second kappa shape index (κ2) is 6.12. The van der Waals surface area contributed by atoms with Crippen molar-refractivity contribution in [3.8, 4) is 0 Å². The molecule has 0 radical (unpaired) electrons. The molecule has 0 amide bonds. The number of thiocarbonyl (C=S) groups is 1. The van der Waals surface area contributed by atoms with E-state index in [1.165, 1.54) is 12.1 Å². The molecule has 3 aromatic rings. The molecule has 0 bridgehead atoms. The molecule has 0 aliphatic carbocycles. The van der Waals surface area contributed by atoms with E-state index in [1.54, 1.807) is 6.07 Å². The van der Waals surface area contributed by atoms with Crippen LogP contribution in [0.15, 0.2) is 60.7 Å². The van der Waals surface area contributed by atoms with Gasteiger partial charge in [-0.25, -0.2) is 4.39 Å². The largest absolute Gasteiger partial charge is 0.332 e. The van der Waals surface area contributed by atoms with Gasteiger partial charge in [0.05, 0.1) is 0 Å². The molecule has 4 heteroatoms. The van der Waals surface area contributed by atoms with Gasteiger partial charge in [-0.1, -0.05) is 42.5 Å². The second-order valence-corrected chi connectivity index (χ2v) is 5.47. The van der Waals surface area contributed by atoms with Gasteiger partial charge in [0.1, 0.15) is 5.82 Å². The lowest BCUT2D eigenvalue weighted by molar-refractivity contribution is 0.628. The highest BCUT2D eigenvalue weighted by molar-refractivity contribution is 7.80. The Bertz CT molecular complexity index is 840. The molecule has 0 saturated heterocycles. The maximum atomic E-state index is 13.3. The number of nitrogens with one attached hydrogen (secondary N) is 2.